The molecule has 2 rings (SSSR count). The molecule has 0 saturated heterocycles. The second-order valence-corrected chi connectivity index (χ2v) is 5.44. The van der Waals surface area contributed by atoms with Crippen LogP contribution in [0.15, 0.2) is 40.9 Å². The van der Waals surface area contributed by atoms with E-state index in [4.69, 9.17) is 11.6 Å². The number of carbonyl (C=O) groups excluding carboxylic acids is 1. The molecular formula is C14H9BrClF2NO. The summed E-state index contributed by atoms with van der Waals surface area (Å²) in [6.07, 6.45) is 0. The molecule has 2 nitrogen and oxygen atoms in total. The number of benzene rings is 2. The van der Waals surface area contributed by atoms with Crippen LogP contribution in [0.5, 0.6) is 0 Å². The molecule has 0 aromatic heterocycles. The molecule has 0 aliphatic rings. The van der Waals surface area contributed by atoms with E-state index < -0.39 is 11.6 Å². The maximum Gasteiger partial charge on any atom is 0.251 e. The molecule has 2 aromatic carbocycles. The Labute approximate surface area is 127 Å². The molecule has 0 bridgehead atoms. The number of carbonyl (C=O) groups is 1. The molecule has 0 fully saturated rings. The molecule has 0 spiro atoms. The Morgan fingerprint density at radius 2 is 1.90 bits per heavy atom. The van der Waals surface area contributed by atoms with Gasteiger partial charge in [-0.25, -0.2) is 8.78 Å². The van der Waals surface area contributed by atoms with Gasteiger partial charge in [-0.3, -0.25) is 4.79 Å². The molecule has 1 amide bonds. The van der Waals surface area contributed by atoms with Gasteiger partial charge >= 0.3 is 0 Å². The van der Waals surface area contributed by atoms with Gasteiger partial charge in [0.05, 0.1) is 0 Å². The standard InChI is InChI=1S/C14H9BrClF2NO/c15-10-4-9(5-11(16)6-10)14(20)19-7-8-1-2-12(17)13(18)3-8/h1-6H,7H2,(H,19,20). The summed E-state index contributed by atoms with van der Waals surface area (Å²) in [5.41, 5.74) is 0.852. The lowest BCUT2D eigenvalue weighted by atomic mass is 10.2. The molecular weight excluding hydrogens is 352 g/mol. The van der Waals surface area contributed by atoms with Crippen molar-refractivity contribution in [2.75, 3.05) is 0 Å². The summed E-state index contributed by atoms with van der Waals surface area (Å²) < 4.78 is 26.5. The SMILES string of the molecule is O=C(NCc1ccc(F)c(F)c1)c1cc(Cl)cc(Br)c1. The van der Waals surface area contributed by atoms with Gasteiger partial charge in [-0.1, -0.05) is 33.6 Å². The summed E-state index contributed by atoms with van der Waals surface area (Å²) in [6.45, 7) is 0.0974. The zero-order valence-electron chi connectivity index (χ0n) is 10.1. The van der Waals surface area contributed by atoms with Crippen molar-refractivity contribution in [1.29, 1.82) is 0 Å². The third-order valence-electron chi connectivity index (χ3n) is 2.56. The van der Waals surface area contributed by atoms with Gasteiger partial charge in [0.25, 0.3) is 5.91 Å². The van der Waals surface area contributed by atoms with E-state index in [-0.39, 0.29) is 12.5 Å². The first-order chi connectivity index (χ1) is 9.45. The van der Waals surface area contributed by atoms with Crippen LogP contribution >= 0.6 is 27.5 Å². The summed E-state index contributed by atoms with van der Waals surface area (Å²) in [5, 5.41) is 3.04. The smallest absolute Gasteiger partial charge is 0.251 e. The van der Waals surface area contributed by atoms with Crippen molar-refractivity contribution in [1.82, 2.24) is 5.32 Å². The average molecular weight is 361 g/mol. The zero-order valence-corrected chi connectivity index (χ0v) is 12.4. The van der Waals surface area contributed by atoms with Crippen LogP contribution in [-0.2, 0) is 6.54 Å². The van der Waals surface area contributed by atoms with Crippen LogP contribution in [0, 0.1) is 11.6 Å². The van der Waals surface area contributed by atoms with Crippen LogP contribution in [0.2, 0.25) is 5.02 Å². The van der Waals surface area contributed by atoms with E-state index >= 15 is 0 Å². The van der Waals surface area contributed by atoms with Crippen LogP contribution in [0.3, 0.4) is 0 Å². The lowest BCUT2D eigenvalue weighted by molar-refractivity contribution is 0.0951. The van der Waals surface area contributed by atoms with Crippen molar-refractivity contribution >= 4 is 33.4 Å². The highest BCUT2D eigenvalue weighted by atomic mass is 79.9. The summed E-state index contributed by atoms with van der Waals surface area (Å²) >= 11 is 9.09. The van der Waals surface area contributed by atoms with Gasteiger partial charge in [-0.15, -0.1) is 0 Å². The summed E-state index contributed by atoms with van der Waals surface area (Å²) in [7, 11) is 0. The van der Waals surface area contributed by atoms with E-state index in [9.17, 15) is 13.6 Å². The second-order valence-electron chi connectivity index (χ2n) is 4.09. The third-order valence-corrected chi connectivity index (χ3v) is 3.24. The molecule has 6 heteroatoms. The van der Waals surface area contributed by atoms with Crippen LogP contribution in [-0.4, -0.2) is 5.91 Å². The monoisotopic (exact) mass is 359 g/mol. The lowest BCUT2D eigenvalue weighted by Gasteiger charge is -2.07. The molecule has 0 radical (unpaired) electrons. The Morgan fingerprint density at radius 3 is 2.55 bits per heavy atom. The number of rotatable bonds is 3. The number of hydrogen-bond donors (Lipinski definition) is 1. The van der Waals surface area contributed by atoms with Gasteiger partial charge < -0.3 is 5.32 Å². The quantitative estimate of drug-likeness (QED) is 0.868. The number of halogens is 4. The first-order valence-electron chi connectivity index (χ1n) is 5.64. The third kappa shape index (κ3) is 3.77. The van der Waals surface area contributed by atoms with Gasteiger partial charge in [0.2, 0.25) is 0 Å². The van der Waals surface area contributed by atoms with Crippen LogP contribution in [0.4, 0.5) is 8.78 Å². The fourth-order valence-electron chi connectivity index (χ4n) is 1.62. The van der Waals surface area contributed by atoms with E-state index in [2.05, 4.69) is 21.2 Å². The number of nitrogens with one attached hydrogen (secondary N) is 1. The van der Waals surface area contributed by atoms with Gasteiger partial charge in [-0.05, 0) is 35.9 Å². The van der Waals surface area contributed by atoms with Gasteiger partial charge in [0.1, 0.15) is 0 Å². The summed E-state index contributed by atoms with van der Waals surface area (Å²) in [5.74, 6) is -2.21. The summed E-state index contributed by atoms with van der Waals surface area (Å²) in [4.78, 5) is 11.9. The minimum Gasteiger partial charge on any atom is -0.348 e. The maximum atomic E-state index is 13.0. The molecule has 1 N–H and O–H groups in total. The first kappa shape index (κ1) is 14.9. The van der Waals surface area contributed by atoms with Gasteiger partial charge in [0, 0.05) is 21.6 Å². The second kappa shape index (κ2) is 6.33. The minimum atomic E-state index is -0.942. The Morgan fingerprint density at radius 1 is 1.15 bits per heavy atom. The van der Waals surface area contributed by atoms with Crippen molar-refractivity contribution in [2.24, 2.45) is 0 Å². The Kier molecular flexibility index (Phi) is 4.73. The van der Waals surface area contributed by atoms with Crippen LogP contribution in [0.1, 0.15) is 15.9 Å². The van der Waals surface area contributed by atoms with E-state index in [1.165, 1.54) is 12.1 Å². The molecule has 0 saturated carbocycles. The number of amides is 1. The predicted molar refractivity (Wildman–Crippen MR) is 76.7 cm³/mol. The maximum absolute atomic E-state index is 13.0. The highest BCUT2D eigenvalue weighted by Gasteiger charge is 2.08. The first-order valence-corrected chi connectivity index (χ1v) is 6.81. The fourth-order valence-corrected chi connectivity index (χ4v) is 2.48. The van der Waals surface area contributed by atoms with E-state index in [0.29, 0.717) is 20.6 Å². The molecule has 0 unspecified atom stereocenters. The van der Waals surface area contributed by atoms with Crippen molar-refractivity contribution in [3.63, 3.8) is 0 Å². The topological polar surface area (TPSA) is 29.1 Å². The zero-order chi connectivity index (χ0) is 14.7. The summed E-state index contributed by atoms with van der Waals surface area (Å²) in [6, 6.07) is 8.27. The molecule has 2 aromatic rings. The Bertz CT molecular complexity index is 643. The van der Waals surface area contributed by atoms with Crippen molar-refractivity contribution < 1.29 is 13.6 Å². The number of hydrogen-bond acceptors (Lipinski definition) is 1. The van der Waals surface area contributed by atoms with Crippen LogP contribution in [0.25, 0.3) is 0 Å². The minimum absolute atomic E-state index is 0.0974. The Hall–Kier alpha value is -1.46. The van der Waals surface area contributed by atoms with Crippen molar-refractivity contribution in [3.05, 3.63) is 68.7 Å². The molecule has 0 atom stereocenters. The largest absolute Gasteiger partial charge is 0.348 e. The molecule has 104 valence electrons. The van der Waals surface area contributed by atoms with Crippen molar-refractivity contribution in [3.8, 4) is 0 Å². The Balaban J connectivity index is 2.06. The van der Waals surface area contributed by atoms with Gasteiger partial charge in [0.15, 0.2) is 11.6 Å². The molecule has 20 heavy (non-hydrogen) atoms. The lowest BCUT2D eigenvalue weighted by Crippen LogP contribution is -2.22. The average Bonchev–Trinajstić information content (AvgIpc) is 2.38. The molecule has 0 aliphatic carbocycles. The highest BCUT2D eigenvalue weighted by Crippen LogP contribution is 2.19. The predicted octanol–water partition coefficient (Wildman–Crippen LogP) is 4.31. The van der Waals surface area contributed by atoms with E-state index in [1.807, 2.05) is 0 Å². The van der Waals surface area contributed by atoms with Crippen LogP contribution < -0.4 is 5.32 Å². The molecule has 0 aliphatic heterocycles. The van der Waals surface area contributed by atoms with E-state index in [1.54, 1.807) is 12.1 Å². The molecule has 0 heterocycles. The van der Waals surface area contributed by atoms with E-state index in [0.717, 1.165) is 12.1 Å². The fraction of sp³-hybridized carbons (Fsp3) is 0.0714. The van der Waals surface area contributed by atoms with Crippen molar-refractivity contribution in [2.45, 2.75) is 6.54 Å². The highest BCUT2D eigenvalue weighted by molar-refractivity contribution is 9.10. The van der Waals surface area contributed by atoms with Gasteiger partial charge in [-0.2, -0.15) is 0 Å². The normalized spacial score (nSPS) is 10.4.